The van der Waals surface area contributed by atoms with E-state index in [1.807, 2.05) is 24.3 Å². The molecule has 2 aromatic heterocycles. The zero-order valence-electron chi connectivity index (χ0n) is 9.93. The maximum Gasteiger partial charge on any atom is 0.338 e. The fourth-order valence-electron chi connectivity index (χ4n) is 2.06. The molecule has 0 saturated carbocycles. The fraction of sp³-hybridized carbons (Fsp3) is 0.143. The first-order valence-electron chi connectivity index (χ1n) is 5.83. The summed E-state index contributed by atoms with van der Waals surface area (Å²) in [6.07, 6.45) is 1.74. The van der Waals surface area contributed by atoms with E-state index in [1.165, 1.54) is 0 Å². The van der Waals surface area contributed by atoms with Crippen molar-refractivity contribution in [2.45, 2.75) is 6.92 Å². The summed E-state index contributed by atoms with van der Waals surface area (Å²) in [5, 5.41) is 0.941. The Kier molecular flexibility index (Phi) is 2.48. The Balaban J connectivity index is 2.21. The number of carbonyl (C=O) groups is 1. The van der Waals surface area contributed by atoms with Crippen LogP contribution in [0.2, 0.25) is 0 Å². The van der Waals surface area contributed by atoms with Gasteiger partial charge in [0.2, 0.25) is 0 Å². The van der Waals surface area contributed by atoms with Crippen LogP contribution in [0, 0.1) is 0 Å². The highest BCUT2D eigenvalue weighted by Crippen LogP contribution is 2.24. The van der Waals surface area contributed by atoms with Crippen LogP contribution in [0.5, 0.6) is 0 Å². The van der Waals surface area contributed by atoms with Gasteiger partial charge in [-0.25, -0.2) is 4.79 Å². The molecular weight excluding hydrogens is 228 g/mol. The lowest BCUT2D eigenvalue weighted by atomic mass is 10.1. The average Bonchev–Trinajstić information content (AvgIpc) is 2.76. The highest BCUT2D eigenvalue weighted by Gasteiger charge is 2.10. The number of benzene rings is 1. The van der Waals surface area contributed by atoms with Crippen LogP contribution in [0.3, 0.4) is 0 Å². The number of ether oxygens (including phenoxy) is 1. The van der Waals surface area contributed by atoms with Gasteiger partial charge in [-0.15, -0.1) is 0 Å². The molecule has 0 aliphatic rings. The van der Waals surface area contributed by atoms with Gasteiger partial charge in [-0.1, -0.05) is 0 Å². The standard InChI is InChI=1S/C14H12N2O2/c1-2-18-14(17)9-5-6-11-10(8-9)13-12(16-11)4-3-7-15-13/h3-8,16H,2H2,1H3. The Bertz CT molecular complexity index is 731. The van der Waals surface area contributed by atoms with E-state index < -0.39 is 0 Å². The molecule has 90 valence electrons. The zero-order chi connectivity index (χ0) is 12.5. The summed E-state index contributed by atoms with van der Waals surface area (Å²) in [5.41, 5.74) is 3.36. The number of pyridine rings is 1. The molecular formula is C14H12N2O2. The molecule has 2 heterocycles. The number of aromatic amines is 1. The van der Waals surface area contributed by atoms with E-state index in [2.05, 4.69) is 9.97 Å². The van der Waals surface area contributed by atoms with Crippen molar-refractivity contribution < 1.29 is 9.53 Å². The smallest absolute Gasteiger partial charge is 0.338 e. The van der Waals surface area contributed by atoms with Gasteiger partial charge >= 0.3 is 5.97 Å². The second-order valence-corrected chi connectivity index (χ2v) is 4.01. The van der Waals surface area contributed by atoms with E-state index in [1.54, 1.807) is 19.2 Å². The van der Waals surface area contributed by atoms with E-state index in [4.69, 9.17) is 4.74 Å². The van der Waals surface area contributed by atoms with Gasteiger partial charge in [0.05, 0.1) is 23.2 Å². The van der Waals surface area contributed by atoms with Crippen molar-refractivity contribution in [1.82, 2.24) is 9.97 Å². The van der Waals surface area contributed by atoms with Crippen LogP contribution in [0.15, 0.2) is 36.5 Å². The molecule has 0 radical (unpaired) electrons. The highest BCUT2D eigenvalue weighted by molar-refractivity contribution is 6.07. The largest absolute Gasteiger partial charge is 0.462 e. The van der Waals surface area contributed by atoms with Crippen molar-refractivity contribution in [2.24, 2.45) is 0 Å². The number of H-pyrrole nitrogens is 1. The first-order chi connectivity index (χ1) is 8.79. The summed E-state index contributed by atoms with van der Waals surface area (Å²) in [6.45, 7) is 2.17. The molecule has 0 unspecified atom stereocenters. The minimum absolute atomic E-state index is 0.301. The predicted octanol–water partition coefficient (Wildman–Crippen LogP) is 2.89. The number of fused-ring (bicyclic) bond motifs is 3. The number of nitrogens with one attached hydrogen (secondary N) is 1. The van der Waals surface area contributed by atoms with Crippen LogP contribution in [0.1, 0.15) is 17.3 Å². The van der Waals surface area contributed by atoms with E-state index >= 15 is 0 Å². The van der Waals surface area contributed by atoms with Crippen molar-refractivity contribution in [3.63, 3.8) is 0 Å². The van der Waals surface area contributed by atoms with Gasteiger partial charge in [-0.05, 0) is 37.3 Å². The Morgan fingerprint density at radius 1 is 1.33 bits per heavy atom. The molecule has 18 heavy (non-hydrogen) atoms. The second kappa shape index (κ2) is 4.14. The summed E-state index contributed by atoms with van der Waals surface area (Å²) in [4.78, 5) is 19.3. The Morgan fingerprint density at radius 2 is 2.22 bits per heavy atom. The Morgan fingerprint density at radius 3 is 3.06 bits per heavy atom. The first kappa shape index (κ1) is 10.8. The first-order valence-corrected chi connectivity index (χ1v) is 5.83. The molecule has 3 rings (SSSR count). The summed E-state index contributed by atoms with van der Waals surface area (Å²) in [6, 6.07) is 9.30. The molecule has 0 atom stereocenters. The van der Waals surface area contributed by atoms with Gasteiger partial charge in [0, 0.05) is 17.1 Å². The normalized spacial score (nSPS) is 10.9. The molecule has 4 heteroatoms. The summed E-state index contributed by atoms with van der Waals surface area (Å²) in [5.74, 6) is -0.301. The Hall–Kier alpha value is -2.36. The minimum atomic E-state index is -0.301. The molecule has 0 bridgehead atoms. The lowest BCUT2D eigenvalue weighted by molar-refractivity contribution is 0.0526. The number of hydrogen-bond acceptors (Lipinski definition) is 3. The van der Waals surface area contributed by atoms with Gasteiger partial charge < -0.3 is 9.72 Å². The summed E-state index contributed by atoms with van der Waals surface area (Å²) >= 11 is 0. The van der Waals surface area contributed by atoms with E-state index in [-0.39, 0.29) is 5.97 Å². The zero-order valence-corrected chi connectivity index (χ0v) is 9.93. The number of aromatic nitrogens is 2. The van der Waals surface area contributed by atoms with Crippen LogP contribution < -0.4 is 0 Å². The highest BCUT2D eigenvalue weighted by atomic mass is 16.5. The molecule has 1 N–H and O–H groups in total. The molecule has 0 fully saturated rings. The number of carbonyl (C=O) groups excluding carboxylic acids is 1. The van der Waals surface area contributed by atoms with E-state index in [0.29, 0.717) is 12.2 Å². The Labute approximate surface area is 104 Å². The summed E-state index contributed by atoms with van der Waals surface area (Å²) in [7, 11) is 0. The molecule has 0 amide bonds. The topological polar surface area (TPSA) is 55.0 Å². The fourth-order valence-corrected chi connectivity index (χ4v) is 2.06. The SMILES string of the molecule is CCOC(=O)c1ccc2[nH]c3cccnc3c2c1. The van der Waals surface area contributed by atoms with Crippen LogP contribution in [-0.4, -0.2) is 22.5 Å². The van der Waals surface area contributed by atoms with Crippen molar-refractivity contribution in [2.75, 3.05) is 6.61 Å². The molecule has 4 nitrogen and oxygen atoms in total. The number of hydrogen-bond donors (Lipinski definition) is 1. The lowest BCUT2D eigenvalue weighted by Gasteiger charge is -2.01. The van der Waals surface area contributed by atoms with Crippen molar-refractivity contribution >= 4 is 27.9 Å². The monoisotopic (exact) mass is 240 g/mol. The molecule has 0 aliphatic heterocycles. The van der Waals surface area contributed by atoms with Crippen LogP contribution in [0.4, 0.5) is 0 Å². The van der Waals surface area contributed by atoms with Gasteiger partial charge in [-0.2, -0.15) is 0 Å². The van der Waals surface area contributed by atoms with Crippen LogP contribution in [-0.2, 0) is 4.74 Å². The second-order valence-electron chi connectivity index (χ2n) is 4.01. The van der Waals surface area contributed by atoms with Gasteiger partial charge in [0.25, 0.3) is 0 Å². The maximum atomic E-state index is 11.7. The molecule has 0 saturated heterocycles. The summed E-state index contributed by atoms with van der Waals surface area (Å²) < 4.78 is 5.00. The van der Waals surface area contributed by atoms with Gasteiger partial charge in [0.15, 0.2) is 0 Å². The number of nitrogens with zero attached hydrogens (tertiary/aromatic N) is 1. The number of rotatable bonds is 2. The van der Waals surface area contributed by atoms with Crippen molar-refractivity contribution in [1.29, 1.82) is 0 Å². The van der Waals surface area contributed by atoms with Crippen molar-refractivity contribution in [3.05, 3.63) is 42.1 Å². The quantitative estimate of drug-likeness (QED) is 0.701. The predicted molar refractivity (Wildman–Crippen MR) is 69.6 cm³/mol. The molecule has 0 aliphatic carbocycles. The third-order valence-corrected chi connectivity index (χ3v) is 2.86. The maximum absolute atomic E-state index is 11.7. The average molecular weight is 240 g/mol. The molecule has 0 spiro atoms. The van der Waals surface area contributed by atoms with E-state index in [0.717, 1.165) is 21.9 Å². The van der Waals surface area contributed by atoms with E-state index in [9.17, 15) is 4.79 Å². The van der Waals surface area contributed by atoms with Gasteiger partial charge in [-0.3, -0.25) is 4.98 Å². The van der Waals surface area contributed by atoms with Gasteiger partial charge in [0.1, 0.15) is 0 Å². The molecule has 1 aromatic carbocycles. The van der Waals surface area contributed by atoms with Crippen LogP contribution in [0.25, 0.3) is 21.9 Å². The third-order valence-electron chi connectivity index (χ3n) is 2.86. The minimum Gasteiger partial charge on any atom is -0.462 e. The lowest BCUT2D eigenvalue weighted by Crippen LogP contribution is -2.03. The molecule has 3 aromatic rings. The third kappa shape index (κ3) is 1.62. The van der Waals surface area contributed by atoms with Crippen molar-refractivity contribution in [3.8, 4) is 0 Å². The number of esters is 1. The van der Waals surface area contributed by atoms with Crippen LogP contribution >= 0.6 is 0 Å².